The molecule has 3 heteroatoms. The first kappa shape index (κ1) is 16.0. The summed E-state index contributed by atoms with van der Waals surface area (Å²) in [6, 6.07) is 8.26. The van der Waals surface area contributed by atoms with Crippen LogP contribution >= 0.6 is 0 Å². The molecule has 0 aliphatic heterocycles. The number of rotatable bonds is 9. The maximum atomic E-state index is 9.39. The molecule has 1 aromatic rings. The molecule has 0 amide bonds. The molecule has 0 radical (unpaired) electrons. The lowest BCUT2D eigenvalue weighted by atomic mass is 10.1. The number of aryl methyl sites for hydroxylation is 1. The topological polar surface area (TPSA) is 41.5 Å². The van der Waals surface area contributed by atoms with Gasteiger partial charge in [-0.1, -0.05) is 32.4 Å². The predicted octanol–water partition coefficient (Wildman–Crippen LogP) is 2.77. The number of likely N-dealkylation sites (N-methyl/N-ethyl adjacent to an activating group) is 1. The third-order valence-electron chi connectivity index (χ3n) is 3.25. The van der Waals surface area contributed by atoms with Crippen molar-refractivity contribution >= 4 is 0 Å². The standard InChI is InChI=1S/C16H27NO2/c1-4-6-7-14-8-10-15(11-9-14)19-13-16(3,12-18)17-5-2/h8-11,17-18H,4-7,12-13H2,1-3H3. The highest BCUT2D eigenvalue weighted by atomic mass is 16.5. The van der Waals surface area contributed by atoms with Crippen molar-refractivity contribution in [1.82, 2.24) is 5.32 Å². The Balaban J connectivity index is 2.48. The minimum Gasteiger partial charge on any atom is -0.492 e. The first-order valence-corrected chi connectivity index (χ1v) is 7.21. The Bertz CT molecular complexity index is 350. The average Bonchev–Trinajstić information content (AvgIpc) is 2.44. The molecule has 0 heterocycles. The minimum atomic E-state index is -0.379. The zero-order valence-electron chi connectivity index (χ0n) is 12.4. The molecule has 108 valence electrons. The number of nitrogens with one attached hydrogen (secondary N) is 1. The molecule has 2 N–H and O–H groups in total. The van der Waals surface area contributed by atoms with Crippen LogP contribution in [0.4, 0.5) is 0 Å². The Hall–Kier alpha value is -1.06. The van der Waals surface area contributed by atoms with Crippen molar-refractivity contribution in [2.24, 2.45) is 0 Å². The second-order valence-electron chi connectivity index (χ2n) is 5.29. The van der Waals surface area contributed by atoms with E-state index in [0.717, 1.165) is 18.7 Å². The second kappa shape index (κ2) is 8.18. The molecule has 1 unspecified atom stereocenters. The van der Waals surface area contributed by atoms with Crippen molar-refractivity contribution in [2.45, 2.75) is 45.6 Å². The van der Waals surface area contributed by atoms with E-state index in [1.54, 1.807) is 0 Å². The van der Waals surface area contributed by atoms with Crippen LogP contribution in [0.5, 0.6) is 5.75 Å². The molecule has 0 aliphatic carbocycles. The SMILES string of the molecule is CCCCc1ccc(OCC(C)(CO)NCC)cc1. The highest BCUT2D eigenvalue weighted by molar-refractivity contribution is 5.27. The van der Waals surface area contributed by atoms with Crippen LogP contribution < -0.4 is 10.1 Å². The lowest BCUT2D eigenvalue weighted by molar-refractivity contribution is 0.117. The van der Waals surface area contributed by atoms with E-state index < -0.39 is 0 Å². The molecule has 0 saturated heterocycles. The van der Waals surface area contributed by atoms with Crippen LogP contribution in [0, 0.1) is 0 Å². The molecular weight excluding hydrogens is 238 g/mol. The molecule has 0 saturated carbocycles. The second-order valence-corrected chi connectivity index (χ2v) is 5.29. The van der Waals surface area contributed by atoms with Gasteiger partial charge in [0.1, 0.15) is 12.4 Å². The number of hydrogen-bond donors (Lipinski definition) is 2. The molecule has 0 spiro atoms. The monoisotopic (exact) mass is 265 g/mol. The van der Waals surface area contributed by atoms with Gasteiger partial charge in [0.2, 0.25) is 0 Å². The van der Waals surface area contributed by atoms with Crippen LogP contribution in [0.15, 0.2) is 24.3 Å². The van der Waals surface area contributed by atoms with Crippen LogP contribution in [0.2, 0.25) is 0 Å². The van der Waals surface area contributed by atoms with Gasteiger partial charge in [-0.25, -0.2) is 0 Å². The van der Waals surface area contributed by atoms with Gasteiger partial charge in [0.25, 0.3) is 0 Å². The zero-order valence-corrected chi connectivity index (χ0v) is 12.4. The average molecular weight is 265 g/mol. The van der Waals surface area contributed by atoms with Gasteiger partial charge in [-0.05, 0) is 44.0 Å². The summed E-state index contributed by atoms with van der Waals surface area (Å²) in [6.07, 6.45) is 3.57. The van der Waals surface area contributed by atoms with Crippen molar-refractivity contribution in [3.05, 3.63) is 29.8 Å². The number of aliphatic hydroxyl groups is 1. The maximum Gasteiger partial charge on any atom is 0.119 e. The predicted molar refractivity (Wildman–Crippen MR) is 79.7 cm³/mol. The van der Waals surface area contributed by atoms with Gasteiger partial charge < -0.3 is 15.2 Å². The van der Waals surface area contributed by atoms with E-state index in [2.05, 4.69) is 24.4 Å². The highest BCUT2D eigenvalue weighted by Crippen LogP contribution is 2.15. The van der Waals surface area contributed by atoms with E-state index in [4.69, 9.17) is 4.74 Å². The number of aliphatic hydroxyl groups excluding tert-OH is 1. The number of hydrogen-bond acceptors (Lipinski definition) is 3. The highest BCUT2D eigenvalue weighted by Gasteiger charge is 2.22. The van der Waals surface area contributed by atoms with E-state index in [0.29, 0.717) is 6.61 Å². The molecule has 0 aliphatic rings. The Kier molecular flexibility index (Phi) is 6.89. The number of benzene rings is 1. The van der Waals surface area contributed by atoms with Crippen LogP contribution in [0.1, 0.15) is 39.2 Å². The Morgan fingerprint density at radius 1 is 1.21 bits per heavy atom. The van der Waals surface area contributed by atoms with Gasteiger partial charge >= 0.3 is 0 Å². The van der Waals surface area contributed by atoms with Gasteiger partial charge in [0.15, 0.2) is 0 Å². The lowest BCUT2D eigenvalue weighted by Gasteiger charge is -2.28. The number of ether oxygens (including phenoxy) is 1. The molecule has 3 nitrogen and oxygen atoms in total. The molecule has 0 fully saturated rings. The van der Waals surface area contributed by atoms with E-state index in [1.807, 2.05) is 26.0 Å². The summed E-state index contributed by atoms with van der Waals surface area (Å²) in [5.74, 6) is 0.859. The van der Waals surface area contributed by atoms with Crippen molar-refractivity contribution < 1.29 is 9.84 Å². The van der Waals surface area contributed by atoms with Gasteiger partial charge in [-0.3, -0.25) is 0 Å². The number of unbranched alkanes of at least 4 members (excludes halogenated alkanes) is 1. The first-order chi connectivity index (χ1) is 9.13. The van der Waals surface area contributed by atoms with Crippen LogP contribution in [0.25, 0.3) is 0 Å². The summed E-state index contributed by atoms with van der Waals surface area (Å²) in [6.45, 7) is 7.54. The molecule has 1 aromatic carbocycles. The van der Waals surface area contributed by atoms with E-state index in [-0.39, 0.29) is 12.1 Å². The van der Waals surface area contributed by atoms with Crippen LogP contribution in [-0.4, -0.2) is 30.4 Å². The van der Waals surface area contributed by atoms with E-state index in [1.165, 1.54) is 18.4 Å². The minimum absolute atomic E-state index is 0.0649. The summed E-state index contributed by atoms with van der Waals surface area (Å²) < 4.78 is 5.75. The molecule has 0 bridgehead atoms. The lowest BCUT2D eigenvalue weighted by Crippen LogP contribution is -2.50. The molecule has 0 aromatic heterocycles. The summed E-state index contributed by atoms with van der Waals surface area (Å²) in [5.41, 5.74) is 0.973. The van der Waals surface area contributed by atoms with Gasteiger partial charge in [0.05, 0.1) is 12.1 Å². The fraction of sp³-hybridized carbons (Fsp3) is 0.625. The Morgan fingerprint density at radius 3 is 2.42 bits per heavy atom. The fourth-order valence-electron chi connectivity index (χ4n) is 1.96. The van der Waals surface area contributed by atoms with Crippen LogP contribution in [-0.2, 0) is 6.42 Å². The van der Waals surface area contributed by atoms with Crippen molar-refractivity contribution in [3.63, 3.8) is 0 Å². The van der Waals surface area contributed by atoms with Crippen molar-refractivity contribution in [2.75, 3.05) is 19.8 Å². The Labute approximate surface area is 117 Å². The summed E-state index contributed by atoms with van der Waals surface area (Å²) in [4.78, 5) is 0. The summed E-state index contributed by atoms with van der Waals surface area (Å²) >= 11 is 0. The zero-order chi connectivity index (χ0) is 14.1. The fourth-order valence-corrected chi connectivity index (χ4v) is 1.96. The molecule has 1 atom stereocenters. The molecular formula is C16H27NO2. The van der Waals surface area contributed by atoms with Gasteiger partial charge in [-0.2, -0.15) is 0 Å². The normalized spacial score (nSPS) is 14.1. The van der Waals surface area contributed by atoms with Gasteiger partial charge in [0, 0.05) is 0 Å². The molecule has 19 heavy (non-hydrogen) atoms. The van der Waals surface area contributed by atoms with Crippen molar-refractivity contribution in [3.8, 4) is 5.75 Å². The summed E-state index contributed by atoms with van der Waals surface area (Å²) in [5, 5.41) is 12.6. The largest absolute Gasteiger partial charge is 0.492 e. The van der Waals surface area contributed by atoms with E-state index >= 15 is 0 Å². The van der Waals surface area contributed by atoms with Crippen molar-refractivity contribution in [1.29, 1.82) is 0 Å². The first-order valence-electron chi connectivity index (χ1n) is 7.21. The van der Waals surface area contributed by atoms with Crippen LogP contribution in [0.3, 0.4) is 0 Å². The third kappa shape index (κ3) is 5.62. The molecule has 1 rings (SSSR count). The van der Waals surface area contributed by atoms with E-state index in [9.17, 15) is 5.11 Å². The third-order valence-corrected chi connectivity index (χ3v) is 3.25. The smallest absolute Gasteiger partial charge is 0.119 e. The quantitative estimate of drug-likeness (QED) is 0.721. The Morgan fingerprint density at radius 2 is 1.89 bits per heavy atom. The maximum absolute atomic E-state index is 9.39. The van der Waals surface area contributed by atoms with Gasteiger partial charge in [-0.15, -0.1) is 0 Å². The summed E-state index contributed by atoms with van der Waals surface area (Å²) in [7, 11) is 0.